The number of rotatable bonds is 4. The lowest BCUT2D eigenvalue weighted by Gasteiger charge is -2.43. The Bertz CT molecular complexity index is 827. The average Bonchev–Trinajstić information content (AvgIpc) is 3.19. The maximum Gasteiger partial charge on any atom is 0.228 e. The third kappa shape index (κ3) is 3.83. The van der Waals surface area contributed by atoms with E-state index in [2.05, 4.69) is 4.98 Å². The molecule has 7 heteroatoms. The second kappa shape index (κ2) is 7.76. The van der Waals surface area contributed by atoms with Crippen molar-refractivity contribution in [2.24, 2.45) is 0 Å². The molecule has 1 atom stereocenters. The average molecular weight is 407 g/mol. The molecular formula is C20H20Cl2N2O3. The van der Waals surface area contributed by atoms with Crippen LogP contribution in [0.25, 0.3) is 0 Å². The summed E-state index contributed by atoms with van der Waals surface area (Å²) < 4.78 is 11.4. The molecule has 2 aliphatic rings. The fourth-order valence-corrected chi connectivity index (χ4v) is 4.16. The van der Waals surface area contributed by atoms with E-state index in [-0.39, 0.29) is 17.6 Å². The topological polar surface area (TPSA) is 51.7 Å². The highest BCUT2D eigenvalue weighted by atomic mass is 35.5. The van der Waals surface area contributed by atoms with Gasteiger partial charge in [0.05, 0.1) is 23.3 Å². The van der Waals surface area contributed by atoms with Crippen molar-refractivity contribution in [3.05, 3.63) is 58.2 Å². The van der Waals surface area contributed by atoms with Gasteiger partial charge in [-0.25, -0.2) is 4.98 Å². The zero-order chi connectivity index (χ0) is 18.9. The highest BCUT2D eigenvalue weighted by molar-refractivity contribution is 6.42. The molecule has 2 aromatic rings. The van der Waals surface area contributed by atoms with Crippen molar-refractivity contribution in [1.29, 1.82) is 0 Å². The third-order valence-corrected chi connectivity index (χ3v) is 6.02. The zero-order valence-corrected chi connectivity index (χ0v) is 16.2. The Hall–Kier alpha value is -1.66. The van der Waals surface area contributed by atoms with Crippen LogP contribution in [0.4, 0.5) is 5.82 Å². The number of hydrogen-bond donors (Lipinski definition) is 0. The maximum absolute atomic E-state index is 12.6. The summed E-state index contributed by atoms with van der Waals surface area (Å²) in [6.07, 6.45) is 3.15. The van der Waals surface area contributed by atoms with Gasteiger partial charge in [-0.1, -0.05) is 35.3 Å². The fourth-order valence-electron chi connectivity index (χ4n) is 3.86. The van der Waals surface area contributed by atoms with Gasteiger partial charge in [0.2, 0.25) is 5.91 Å². The van der Waals surface area contributed by atoms with Crippen molar-refractivity contribution < 1.29 is 14.3 Å². The number of hydrogen-bond acceptors (Lipinski definition) is 4. The number of amides is 1. The normalized spacial score (nSPS) is 23.8. The quantitative estimate of drug-likeness (QED) is 0.762. The first-order valence-electron chi connectivity index (χ1n) is 8.98. The number of ether oxygens (including phenoxy) is 2. The van der Waals surface area contributed by atoms with Gasteiger partial charge in [-0.2, -0.15) is 0 Å². The molecule has 0 N–H and O–H groups in total. The zero-order valence-electron chi connectivity index (χ0n) is 14.7. The Balaban J connectivity index is 1.72. The van der Waals surface area contributed by atoms with E-state index in [9.17, 15) is 4.79 Å². The molecule has 1 amide bonds. The molecule has 1 unspecified atom stereocenters. The van der Waals surface area contributed by atoms with Gasteiger partial charge in [-0.05, 0) is 36.2 Å². The standard InChI is InChI=1S/C20H20Cl2N2O3/c21-15-5-4-14(11-16(15)22)20(12-19-26-9-10-27-19)7-6-18(25)24(13-20)17-3-1-2-8-23-17/h1-5,8,11,19H,6-7,9-10,12-13H2. The maximum atomic E-state index is 12.6. The lowest BCUT2D eigenvalue weighted by Crippen LogP contribution is -2.51. The molecule has 0 spiro atoms. The van der Waals surface area contributed by atoms with Crippen molar-refractivity contribution >= 4 is 34.9 Å². The van der Waals surface area contributed by atoms with Crippen molar-refractivity contribution in [3.8, 4) is 0 Å². The number of pyridine rings is 1. The SMILES string of the molecule is O=C1CCC(CC2OCCO2)(c2ccc(Cl)c(Cl)c2)CN1c1ccccn1. The summed E-state index contributed by atoms with van der Waals surface area (Å²) in [7, 11) is 0. The van der Waals surface area contributed by atoms with Crippen LogP contribution in [0, 0.1) is 0 Å². The van der Waals surface area contributed by atoms with Gasteiger partial charge in [0.25, 0.3) is 0 Å². The Kier molecular flexibility index (Phi) is 5.37. The first kappa shape index (κ1) is 18.7. The molecule has 0 aliphatic carbocycles. The number of benzene rings is 1. The third-order valence-electron chi connectivity index (χ3n) is 5.29. The molecule has 27 heavy (non-hydrogen) atoms. The Morgan fingerprint density at radius 3 is 2.67 bits per heavy atom. The molecule has 0 radical (unpaired) electrons. The summed E-state index contributed by atoms with van der Waals surface area (Å²) in [5.74, 6) is 0.720. The van der Waals surface area contributed by atoms with E-state index in [1.165, 1.54) is 0 Å². The lowest BCUT2D eigenvalue weighted by atomic mass is 9.71. The number of carbonyl (C=O) groups is 1. The van der Waals surface area contributed by atoms with Crippen LogP contribution in [0.3, 0.4) is 0 Å². The molecule has 3 heterocycles. The van der Waals surface area contributed by atoms with Gasteiger partial charge < -0.3 is 9.47 Å². The molecule has 142 valence electrons. The van der Waals surface area contributed by atoms with E-state index >= 15 is 0 Å². The summed E-state index contributed by atoms with van der Waals surface area (Å²) in [5, 5.41) is 1.01. The van der Waals surface area contributed by atoms with Gasteiger partial charge in [-0.3, -0.25) is 9.69 Å². The molecule has 2 aliphatic heterocycles. The minimum atomic E-state index is -0.353. The molecule has 0 saturated carbocycles. The van der Waals surface area contributed by atoms with Crippen LogP contribution in [0.2, 0.25) is 10.0 Å². The molecule has 1 aromatic carbocycles. The molecule has 5 nitrogen and oxygen atoms in total. The Morgan fingerprint density at radius 1 is 1.15 bits per heavy atom. The van der Waals surface area contributed by atoms with Crippen LogP contribution in [0.15, 0.2) is 42.6 Å². The van der Waals surface area contributed by atoms with E-state index in [1.807, 2.05) is 30.3 Å². The van der Waals surface area contributed by atoms with Crippen LogP contribution in [0.5, 0.6) is 0 Å². The summed E-state index contributed by atoms with van der Waals surface area (Å²) in [4.78, 5) is 18.8. The number of carbonyl (C=O) groups excluding carboxylic acids is 1. The Morgan fingerprint density at radius 2 is 1.96 bits per heavy atom. The Labute approximate surface area is 168 Å². The smallest absolute Gasteiger partial charge is 0.228 e. The predicted molar refractivity (Wildman–Crippen MR) is 104 cm³/mol. The van der Waals surface area contributed by atoms with Crippen LogP contribution in [0.1, 0.15) is 24.8 Å². The minimum absolute atomic E-state index is 0.0673. The number of piperidine rings is 1. The summed E-state index contributed by atoms with van der Waals surface area (Å²) >= 11 is 12.4. The highest BCUT2D eigenvalue weighted by Gasteiger charge is 2.43. The second-order valence-corrected chi connectivity index (χ2v) is 7.77. The largest absolute Gasteiger partial charge is 0.350 e. The second-order valence-electron chi connectivity index (χ2n) is 6.95. The van der Waals surface area contributed by atoms with Crippen LogP contribution < -0.4 is 4.90 Å². The van der Waals surface area contributed by atoms with Crippen LogP contribution >= 0.6 is 23.2 Å². The first-order chi connectivity index (χ1) is 13.1. The molecule has 2 fully saturated rings. The lowest BCUT2D eigenvalue weighted by molar-refractivity contribution is -0.121. The van der Waals surface area contributed by atoms with E-state index in [0.29, 0.717) is 54.9 Å². The first-order valence-corrected chi connectivity index (χ1v) is 9.73. The molecule has 1 aromatic heterocycles. The van der Waals surface area contributed by atoms with Crippen molar-refractivity contribution in [1.82, 2.24) is 4.98 Å². The van der Waals surface area contributed by atoms with Crippen molar-refractivity contribution in [2.75, 3.05) is 24.7 Å². The van der Waals surface area contributed by atoms with Gasteiger partial charge in [0, 0.05) is 31.0 Å². The van der Waals surface area contributed by atoms with E-state index in [0.717, 1.165) is 5.56 Å². The molecule has 0 bridgehead atoms. The van der Waals surface area contributed by atoms with E-state index in [1.54, 1.807) is 17.2 Å². The predicted octanol–water partition coefficient (Wildman–Crippen LogP) is 4.22. The number of anilines is 1. The van der Waals surface area contributed by atoms with Gasteiger partial charge in [0.1, 0.15) is 5.82 Å². The van der Waals surface area contributed by atoms with Crippen molar-refractivity contribution in [3.63, 3.8) is 0 Å². The monoisotopic (exact) mass is 406 g/mol. The minimum Gasteiger partial charge on any atom is -0.350 e. The number of aromatic nitrogens is 1. The van der Waals surface area contributed by atoms with E-state index in [4.69, 9.17) is 32.7 Å². The number of halogens is 2. The molecular weight excluding hydrogens is 387 g/mol. The van der Waals surface area contributed by atoms with Crippen LogP contribution in [-0.4, -0.2) is 36.9 Å². The number of nitrogens with zero attached hydrogens (tertiary/aromatic N) is 2. The highest BCUT2D eigenvalue weighted by Crippen LogP contribution is 2.42. The molecule has 2 saturated heterocycles. The summed E-state index contributed by atoms with van der Waals surface area (Å²) in [5.41, 5.74) is 0.679. The van der Waals surface area contributed by atoms with Crippen molar-refractivity contribution in [2.45, 2.75) is 31.0 Å². The van der Waals surface area contributed by atoms with Gasteiger partial charge in [-0.15, -0.1) is 0 Å². The summed E-state index contributed by atoms with van der Waals surface area (Å²) in [6.45, 7) is 1.67. The van der Waals surface area contributed by atoms with E-state index < -0.39 is 0 Å². The van der Waals surface area contributed by atoms with Gasteiger partial charge in [0.15, 0.2) is 6.29 Å². The van der Waals surface area contributed by atoms with Crippen LogP contribution in [-0.2, 0) is 19.7 Å². The fraction of sp³-hybridized carbons (Fsp3) is 0.400. The van der Waals surface area contributed by atoms with Gasteiger partial charge >= 0.3 is 0 Å². The molecule has 4 rings (SSSR count). The summed E-state index contributed by atoms with van der Waals surface area (Å²) in [6, 6.07) is 11.3.